The Morgan fingerprint density at radius 1 is 1.00 bits per heavy atom. The van der Waals surface area contributed by atoms with Crippen LogP contribution in [0.3, 0.4) is 0 Å². The molecule has 1 saturated heterocycles. The molecule has 0 radical (unpaired) electrons. The molecule has 3 rings (SSSR count). The fourth-order valence-corrected chi connectivity index (χ4v) is 3.25. The molecule has 1 N–H and O–H groups in total. The number of fused-ring (bicyclic) bond motifs is 1. The van der Waals surface area contributed by atoms with Gasteiger partial charge in [0.2, 0.25) is 11.8 Å². The van der Waals surface area contributed by atoms with Gasteiger partial charge in [0.1, 0.15) is 6.04 Å². The summed E-state index contributed by atoms with van der Waals surface area (Å²) in [4.78, 5) is 38.0. The number of nitrogens with one attached hydrogen (secondary N) is 1. The van der Waals surface area contributed by atoms with Gasteiger partial charge in [-0.25, -0.2) is 0 Å². The van der Waals surface area contributed by atoms with Crippen molar-refractivity contribution in [2.45, 2.75) is 44.6 Å². The van der Waals surface area contributed by atoms with Crippen LogP contribution < -0.4 is 5.32 Å². The average Bonchev–Trinajstić information content (AvgIpc) is 2.58. The van der Waals surface area contributed by atoms with Gasteiger partial charge < -0.3 is 4.90 Å². The zero-order chi connectivity index (χ0) is 15.5. The zero-order valence-corrected chi connectivity index (χ0v) is 12.5. The third-order valence-corrected chi connectivity index (χ3v) is 4.44. The number of aryl methyl sites for hydroxylation is 1. The molecule has 5 heteroatoms. The molecular formula is C17H20N2O3. The zero-order valence-electron chi connectivity index (χ0n) is 12.5. The molecule has 1 aromatic rings. The molecule has 2 aliphatic heterocycles. The van der Waals surface area contributed by atoms with Crippen molar-refractivity contribution < 1.29 is 14.4 Å². The SMILES string of the molecule is O=C1CCC(N2CCCCCc3ccccc3C2=O)C(=O)N1. The standard InChI is InChI=1S/C17H20N2O3/c20-15-10-9-14(16(21)18-15)19-11-5-1-2-6-12-7-3-4-8-13(12)17(19)22/h3-4,7-8,14H,1-2,5-6,9-11H2,(H,18,20,21). The second kappa shape index (κ2) is 6.30. The number of rotatable bonds is 1. The number of hydrogen-bond donors (Lipinski definition) is 1. The van der Waals surface area contributed by atoms with Gasteiger partial charge in [-0.2, -0.15) is 0 Å². The summed E-state index contributed by atoms with van der Waals surface area (Å²) in [6, 6.07) is 7.09. The van der Waals surface area contributed by atoms with Crippen LogP contribution in [-0.2, 0) is 16.0 Å². The molecule has 0 aromatic heterocycles. The molecule has 3 amide bonds. The number of carbonyl (C=O) groups excluding carboxylic acids is 3. The minimum atomic E-state index is -0.531. The van der Waals surface area contributed by atoms with Gasteiger partial charge in [0, 0.05) is 18.5 Å². The highest BCUT2D eigenvalue weighted by Crippen LogP contribution is 2.22. The molecular weight excluding hydrogens is 280 g/mol. The first-order valence-electron chi connectivity index (χ1n) is 7.89. The second-order valence-corrected chi connectivity index (χ2v) is 5.93. The molecule has 2 aliphatic rings. The minimum absolute atomic E-state index is 0.0907. The first kappa shape index (κ1) is 14.8. The van der Waals surface area contributed by atoms with E-state index in [9.17, 15) is 14.4 Å². The highest BCUT2D eigenvalue weighted by atomic mass is 16.2. The number of benzene rings is 1. The third kappa shape index (κ3) is 2.89. The van der Waals surface area contributed by atoms with Gasteiger partial charge in [0.25, 0.3) is 5.91 Å². The molecule has 0 saturated carbocycles. The van der Waals surface area contributed by atoms with Gasteiger partial charge in [-0.05, 0) is 37.3 Å². The Kier molecular flexibility index (Phi) is 4.22. The van der Waals surface area contributed by atoms with E-state index in [4.69, 9.17) is 0 Å². The van der Waals surface area contributed by atoms with Gasteiger partial charge in [0.15, 0.2) is 0 Å². The summed E-state index contributed by atoms with van der Waals surface area (Å²) in [5.41, 5.74) is 1.74. The molecule has 1 unspecified atom stereocenters. The van der Waals surface area contributed by atoms with E-state index in [2.05, 4.69) is 5.32 Å². The number of piperidine rings is 1. The number of amides is 3. The van der Waals surface area contributed by atoms with E-state index in [1.54, 1.807) is 4.90 Å². The Morgan fingerprint density at radius 2 is 1.82 bits per heavy atom. The Balaban J connectivity index is 1.91. The van der Waals surface area contributed by atoms with Crippen molar-refractivity contribution in [3.63, 3.8) is 0 Å². The first-order valence-corrected chi connectivity index (χ1v) is 7.89. The predicted molar refractivity (Wildman–Crippen MR) is 81.2 cm³/mol. The topological polar surface area (TPSA) is 66.5 Å². The van der Waals surface area contributed by atoms with Crippen LogP contribution in [0.5, 0.6) is 0 Å². The fourth-order valence-electron chi connectivity index (χ4n) is 3.25. The number of imide groups is 1. The summed E-state index contributed by atoms with van der Waals surface area (Å²) in [5, 5.41) is 2.35. The van der Waals surface area contributed by atoms with E-state index in [-0.39, 0.29) is 17.7 Å². The van der Waals surface area contributed by atoms with Gasteiger partial charge in [-0.3, -0.25) is 19.7 Å². The van der Waals surface area contributed by atoms with Crippen LogP contribution in [0, 0.1) is 0 Å². The predicted octanol–water partition coefficient (Wildman–Crippen LogP) is 1.66. The van der Waals surface area contributed by atoms with Gasteiger partial charge in [0.05, 0.1) is 0 Å². The van der Waals surface area contributed by atoms with Crippen molar-refractivity contribution in [3.05, 3.63) is 35.4 Å². The van der Waals surface area contributed by atoms with E-state index in [0.717, 1.165) is 31.2 Å². The molecule has 2 heterocycles. The van der Waals surface area contributed by atoms with Gasteiger partial charge >= 0.3 is 0 Å². The summed E-state index contributed by atoms with van der Waals surface area (Å²) in [5.74, 6) is -0.688. The molecule has 116 valence electrons. The Morgan fingerprint density at radius 3 is 2.64 bits per heavy atom. The van der Waals surface area contributed by atoms with E-state index in [1.807, 2.05) is 24.3 Å². The quantitative estimate of drug-likeness (QED) is 0.802. The highest BCUT2D eigenvalue weighted by molar-refractivity contribution is 6.04. The second-order valence-electron chi connectivity index (χ2n) is 5.93. The van der Waals surface area contributed by atoms with Crippen LogP contribution in [0.4, 0.5) is 0 Å². The van der Waals surface area contributed by atoms with Crippen LogP contribution in [0.15, 0.2) is 24.3 Å². The number of hydrogen-bond acceptors (Lipinski definition) is 3. The first-order chi connectivity index (χ1) is 10.7. The largest absolute Gasteiger partial charge is 0.327 e. The summed E-state index contributed by atoms with van der Waals surface area (Å²) in [7, 11) is 0. The fraction of sp³-hybridized carbons (Fsp3) is 0.471. The highest BCUT2D eigenvalue weighted by Gasteiger charge is 2.35. The van der Waals surface area contributed by atoms with E-state index < -0.39 is 6.04 Å². The third-order valence-electron chi connectivity index (χ3n) is 4.44. The van der Waals surface area contributed by atoms with Crippen LogP contribution in [-0.4, -0.2) is 35.2 Å². The Bertz CT molecular complexity index is 612. The minimum Gasteiger partial charge on any atom is -0.327 e. The smallest absolute Gasteiger partial charge is 0.254 e. The lowest BCUT2D eigenvalue weighted by Crippen LogP contribution is -2.54. The lowest BCUT2D eigenvalue weighted by atomic mass is 10.00. The van der Waals surface area contributed by atoms with Crippen molar-refractivity contribution in [2.24, 2.45) is 0 Å². The molecule has 0 spiro atoms. The summed E-state index contributed by atoms with van der Waals surface area (Å²) < 4.78 is 0. The van der Waals surface area contributed by atoms with Gasteiger partial charge in [-0.1, -0.05) is 24.6 Å². The van der Waals surface area contributed by atoms with E-state index in [1.165, 1.54) is 0 Å². The van der Waals surface area contributed by atoms with E-state index in [0.29, 0.717) is 24.9 Å². The normalized spacial score (nSPS) is 23.2. The summed E-state index contributed by atoms with van der Waals surface area (Å²) >= 11 is 0. The molecule has 0 aliphatic carbocycles. The summed E-state index contributed by atoms with van der Waals surface area (Å²) in [6.45, 7) is 0.569. The van der Waals surface area contributed by atoms with Crippen LogP contribution in [0.1, 0.15) is 48.0 Å². The maximum atomic E-state index is 12.9. The molecule has 5 nitrogen and oxygen atoms in total. The van der Waals surface area contributed by atoms with Crippen molar-refractivity contribution in [1.29, 1.82) is 0 Å². The molecule has 0 bridgehead atoms. The Labute approximate surface area is 129 Å². The van der Waals surface area contributed by atoms with Crippen molar-refractivity contribution in [2.75, 3.05) is 6.54 Å². The monoisotopic (exact) mass is 300 g/mol. The number of nitrogens with zero attached hydrogens (tertiary/aromatic N) is 1. The van der Waals surface area contributed by atoms with Crippen molar-refractivity contribution in [3.8, 4) is 0 Å². The van der Waals surface area contributed by atoms with Crippen molar-refractivity contribution in [1.82, 2.24) is 10.2 Å². The molecule has 1 aromatic carbocycles. The lowest BCUT2D eigenvalue weighted by molar-refractivity contribution is -0.136. The number of carbonyl (C=O) groups is 3. The van der Waals surface area contributed by atoms with Crippen LogP contribution >= 0.6 is 0 Å². The molecule has 1 fully saturated rings. The maximum absolute atomic E-state index is 12.9. The van der Waals surface area contributed by atoms with Crippen molar-refractivity contribution >= 4 is 17.7 Å². The van der Waals surface area contributed by atoms with E-state index >= 15 is 0 Å². The average molecular weight is 300 g/mol. The van der Waals surface area contributed by atoms with Gasteiger partial charge in [-0.15, -0.1) is 0 Å². The molecule has 22 heavy (non-hydrogen) atoms. The lowest BCUT2D eigenvalue weighted by Gasteiger charge is -2.33. The Hall–Kier alpha value is -2.17. The van der Waals surface area contributed by atoms with Crippen LogP contribution in [0.25, 0.3) is 0 Å². The van der Waals surface area contributed by atoms with Crippen LogP contribution in [0.2, 0.25) is 0 Å². The summed E-state index contributed by atoms with van der Waals surface area (Å²) in [6.07, 6.45) is 4.57. The molecule has 1 atom stereocenters. The maximum Gasteiger partial charge on any atom is 0.254 e.